The van der Waals surface area contributed by atoms with Gasteiger partial charge in [-0.3, -0.25) is 4.79 Å². The molecule has 1 aromatic rings. The highest BCUT2D eigenvalue weighted by Gasteiger charge is 2.31. The van der Waals surface area contributed by atoms with Crippen molar-refractivity contribution in [3.05, 3.63) is 35.3 Å². The fourth-order valence-corrected chi connectivity index (χ4v) is 2.80. The van der Waals surface area contributed by atoms with Crippen LogP contribution in [0.1, 0.15) is 43.1 Å². The van der Waals surface area contributed by atoms with Crippen LogP contribution in [0.2, 0.25) is 0 Å². The second kappa shape index (κ2) is 5.38. The van der Waals surface area contributed by atoms with E-state index in [1.807, 2.05) is 7.05 Å². The number of nitrogens with zero attached hydrogens (tertiary/aromatic N) is 2. The Kier molecular flexibility index (Phi) is 3.84. The molecule has 0 N–H and O–H groups in total. The molecule has 4 nitrogen and oxygen atoms in total. The molecule has 0 radical (unpaired) electrons. The van der Waals surface area contributed by atoms with E-state index in [-0.39, 0.29) is 17.6 Å². The summed E-state index contributed by atoms with van der Waals surface area (Å²) in [5.74, 6) is 0.334. The van der Waals surface area contributed by atoms with Gasteiger partial charge in [0.15, 0.2) is 6.20 Å². The Labute approximate surface area is 108 Å². The molecule has 1 aliphatic rings. The molecule has 1 aliphatic carbocycles. The molecule has 98 valence electrons. The van der Waals surface area contributed by atoms with Gasteiger partial charge in [0.25, 0.3) is 5.69 Å². The van der Waals surface area contributed by atoms with E-state index < -0.39 is 0 Å². The molecule has 4 heteroatoms. The lowest BCUT2D eigenvalue weighted by Crippen LogP contribution is -2.47. The average molecular weight is 248 g/mol. The largest absolute Gasteiger partial charge is 0.618 e. The minimum Gasteiger partial charge on any atom is -0.618 e. The number of carbonyl (C=O) groups excluding carboxylic acids is 1. The summed E-state index contributed by atoms with van der Waals surface area (Å²) in [6.07, 6.45) is 5.97. The maximum absolute atomic E-state index is 12.3. The smallest absolute Gasteiger partial charge is 0.319 e. The van der Waals surface area contributed by atoms with E-state index in [2.05, 4.69) is 6.92 Å². The highest BCUT2D eigenvalue weighted by atomic mass is 16.5. The molecular weight excluding hydrogens is 228 g/mol. The maximum Gasteiger partial charge on any atom is 0.319 e. The van der Waals surface area contributed by atoms with Crippen LogP contribution in [-0.4, -0.2) is 23.9 Å². The zero-order chi connectivity index (χ0) is 13.1. The summed E-state index contributed by atoms with van der Waals surface area (Å²) in [5.41, 5.74) is 0.206. The Morgan fingerprint density at radius 3 is 2.78 bits per heavy atom. The number of carbonyl (C=O) groups is 1. The zero-order valence-corrected chi connectivity index (χ0v) is 11.0. The van der Waals surface area contributed by atoms with Crippen LogP contribution in [0.15, 0.2) is 24.4 Å². The van der Waals surface area contributed by atoms with Crippen LogP contribution >= 0.6 is 0 Å². The van der Waals surface area contributed by atoms with Crippen molar-refractivity contribution >= 4 is 5.91 Å². The molecule has 1 amide bonds. The standard InChI is InChI=1S/C14H20N2O2/c1-11-7-3-4-8-12(11)15(2)14(17)13-9-5-6-10-16(13)18/h5-6,9-12H,3-4,7-8H2,1-2H3/t11-,12-/m0/s1. The number of aromatic nitrogens is 1. The van der Waals surface area contributed by atoms with Crippen molar-refractivity contribution in [3.63, 3.8) is 0 Å². The third-order valence-corrected chi connectivity index (χ3v) is 3.93. The first-order chi connectivity index (χ1) is 8.61. The minimum atomic E-state index is -0.177. The summed E-state index contributed by atoms with van der Waals surface area (Å²) >= 11 is 0. The molecule has 2 rings (SSSR count). The van der Waals surface area contributed by atoms with Crippen LogP contribution < -0.4 is 4.73 Å². The van der Waals surface area contributed by atoms with Gasteiger partial charge in [0.1, 0.15) is 0 Å². The zero-order valence-electron chi connectivity index (χ0n) is 11.0. The first-order valence-electron chi connectivity index (χ1n) is 6.56. The van der Waals surface area contributed by atoms with Gasteiger partial charge in [0, 0.05) is 25.2 Å². The van der Waals surface area contributed by atoms with E-state index in [0.717, 1.165) is 12.8 Å². The second-order valence-corrected chi connectivity index (χ2v) is 5.16. The summed E-state index contributed by atoms with van der Waals surface area (Å²) in [6, 6.07) is 5.19. The molecule has 0 aromatic carbocycles. The van der Waals surface area contributed by atoms with Gasteiger partial charge in [0.2, 0.25) is 0 Å². The summed E-state index contributed by atoms with van der Waals surface area (Å²) in [6.45, 7) is 2.18. The molecule has 0 saturated heterocycles. The second-order valence-electron chi connectivity index (χ2n) is 5.16. The van der Waals surface area contributed by atoms with Gasteiger partial charge in [-0.05, 0) is 24.8 Å². The number of pyridine rings is 1. The number of hydrogen-bond donors (Lipinski definition) is 0. The fraction of sp³-hybridized carbons (Fsp3) is 0.571. The van der Waals surface area contributed by atoms with Crippen molar-refractivity contribution in [2.75, 3.05) is 7.05 Å². The highest BCUT2D eigenvalue weighted by molar-refractivity contribution is 5.91. The summed E-state index contributed by atoms with van der Waals surface area (Å²) in [5, 5.41) is 11.6. The molecule has 1 saturated carbocycles. The maximum atomic E-state index is 12.3. The predicted octanol–water partition coefficient (Wildman–Crippen LogP) is 1.97. The molecule has 1 heterocycles. The molecule has 0 bridgehead atoms. The van der Waals surface area contributed by atoms with E-state index in [0.29, 0.717) is 10.6 Å². The van der Waals surface area contributed by atoms with E-state index in [1.165, 1.54) is 19.0 Å². The Bertz CT molecular complexity index is 434. The number of amides is 1. The lowest BCUT2D eigenvalue weighted by Gasteiger charge is -2.35. The molecule has 0 spiro atoms. The third kappa shape index (κ3) is 2.47. The quantitative estimate of drug-likeness (QED) is 0.593. The average Bonchev–Trinajstić information content (AvgIpc) is 2.38. The molecular formula is C14H20N2O2. The van der Waals surface area contributed by atoms with Gasteiger partial charge in [0.05, 0.1) is 0 Å². The van der Waals surface area contributed by atoms with Crippen LogP contribution in [-0.2, 0) is 0 Å². The number of rotatable bonds is 2. The molecule has 0 unspecified atom stereocenters. The fourth-order valence-electron chi connectivity index (χ4n) is 2.80. The summed E-state index contributed by atoms with van der Waals surface area (Å²) < 4.78 is 0.645. The first kappa shape index (κ1) is 12.9. The third-order valence-electron chi connectivity index (χ3n) is 3.93. The minimum absolute atomic E-state index is 0.177. The van der Waals surface area contributed by atoms with Gasteiger partial charge in [-0.2, -0.15) is 4.73 Å². The van der Waals surface area contributed by atoms with Crippen molar-refractivity contribution in [3.8, 4) is 0 Å². The monoisotopic (exact) mass is 248 g/mol. The Balaban J connectivity index is 2.16. The molecule has 18 heavy (non-hydrogen) atoms. The van der Waals surface area contributed by atoms with Gasteiger partial charge in [-0.25, -0.2) is 0 Å². The SMILES string of the molecule is C[C@H]1CCCC[C@@H]1N(C)C(=O)c1cccc[n+]1[O-]. The van der Waals surface area contributed by atoms with Crippen molar-refractivity contribution in [1.29, 1.82) is 0 Å². The first-order valence-corrected chi connectivity index (χ1v) is 6.56. The van der Waals surface area contributed by atoms with Gasteiger partial charge < -0.3 is 10.1 Å². The van der Waals surface area contributed by atoms with E-state index >= 15 is 0 Å². The van der Waals surface area contributed by atoms with Gasteiger partial charge in [-0.1, -0.05) is 19.8 Å². The Hall–Kier alpha value is -1.58. The van der Waals surface area contributed by atoms with Crippen molar-refractivity contribution < 1.29 is 9.52 Å². The van der Waals surface area contributed by atoms with Crippen LogP contribution in [0, 0.1) is 11.1 Å². The van der Waals surface area contributed by atoms with E-state index in [1.54, 1.807) is 23.1 Å². The van der Waals surface area contributed by atoms with E-state index in [9.17, 15) is 10.0 Å². The molecule has 1 aromatic heterocycles. The summed E-state index contributed by atoms with van der Waals surface area (Å²) in [4.78, 5) is 14.1. The van der Waals surface area contributed by atoms with E-state index in [4.69, 9.17) is 0 Å². The van der Waals surface area contributed by atoms with Crippen molar-refractivity contribution in [2.24, 2.45) is 5.92 Å². The van der Waals surface area contributed by atoms with Gasteiger partial charge in [-0.15, -0.1) is 0 Å². The normalized spacial score (nSPS) is 23.7. The van der Waals surface area contributed by atoms with Crippen LogP contribution in [0.5, 0.6) is 0 Å². The summed E-state index contributed by atoms with van der Waals surface area (Å²) in [7, 11) is 1.81. The van der Waals surface area contributed by atoms with Crippen molar-refractivity contribution in [1.82, 2.24) is 4.90 Å². The predicted molar refractivity (Wildman–Crippen MR) is 68.9 cm³/mol. The van der Waals surface area contributed by atoms with Gasteiger partial charge >= 0.3 is 5.91 Å². The molecule has 2 atom stereocenters. The van der Waals surface area contributed by atoms with Crippen LogP contribution in [0.25, 0.3) is 0 Å². The lowest BCUT2D eigenvalue weighted by molar-refractivity contribution is -0.608. The highest BCUT2D eigenvalue weighted by Crippen LogP contribution is 2.27. The molecule has 0 aliphatic heterocycles. The topological polar surface area (TPSA) is 47.2 Å². The Morgan fingerprint density at radius 1 is 1.39 bits per heavy atom. The number of hydrogen-bond acceptors (Lipinski definition) is 2. The van der Waals surface area contributed by atoms with Crippen molar-refractivity contribution in [2.45, 2.75) is 38.6 Å². The van der Waals surface area contributed by atoms with Crippen LogP contribution in [0.3, 0.4) is 0 Å². The lowest BCUT2D eigenvalue weighted by atomic mass is 9.85. The van der Waals surface area contributed by atoms with Crippen LogP contribution in [0.4, 0.5) is 0 Å². The molecule has 1 fully saturated rings. The Morgan fingerprint density at radius 2 is 2.11 bits per heavy atom.